The third kappa shape index (κ3) is 1.44. The van der Waals surface area contributed by atoms with E-state index in [0.29, 0.717) is 0 Å². The van der Waals surface area contributed by atoms with Gasteiger partial charge in [0.15, 0.2) is 0 Å². The topological polar surface area (TPSA) is 25.8 Å². The van der Waals surface area contributed by atoms with Crippen molar-refractivity contribution in [3.63, 3.8) is 0 Å². The van der Waals surface area contributed by atoms with Gasteiger partial charge in [0.25, 0.3) is 0 Å². The van der Waals surface area contributed by atoms with Crippen LogP contribution < -0.4 is 0 Å². The van der Waals surface area contributed by atoms with Crippen LogP contribution in [0.5, 0.6) is 0 Å². The molecule has 2 rings (SSSR count). The number of nitrogens with zero attached hydrogens (tertiary/aromatic N) is 2. The Bertz CT molecular complexity index is 355. The van der Waals surface area contributed by atoms with Gasteiger partial charge < -0.3 is 0 Å². The summed E-state index contributed by atoms with van der Waals surface area (Å²) in [5.41, 5.74) is 1.79. The first-order valence-electron chi connectivity index (χ1n) is 3.39. The van der Waals surface area contributed by atoms with Gasteiger partial charge in [0.05, 0.1) is 0 Å². The predicted octanol–water partition coefficient (Wildman–Crippen LogP) is 1.34. The molecule has 0 N–H and O–H groups in total. The molecule has 0 fully saturated rings. The van der Waals surface area contributed by atoms with E-state index >= 15 is 0 Å². The molecule has 1 aromatic heterocycles. The zero-order chi connectivity index (χ0) is 8.39. The van der Waals surface area contributed by atoms with Crippen LogP contribution in [0.25, 0.3) is 11.3 Å². The summed E-state index contributed by atoms with van der Waals surface area (Å²) in [6, 6.07) is 6.28. The van der Waals surface area contributed by atoms with Gasteiger partial charge in [-0.3, -0.25) is 0 Å². The number of halogens is 1. The summed E-state index contributed by atoms with van der Waals surface area (Å²) in [6.45, 7) is 0. The summed E-state index contributed by atoms with van der Waals surface area (Å²) in [5.74, 6) is -0.222. The summed E-state index contributed by atoms with van der Waals surface area (Å²) < 4.78 is 16.4. The van der Waals surface area contributed by atoms with Gasteiger partial charge in [-0.1, -0.05) is 0 Å². The Balaban J connectivity index is 2.43. The summed E-state index contributed by atoms with van der Waals surface area (Å²) in [4.78, 5) is 1.97. The van der Waals surface area contributed by atoms with Crippen molar-refractivity contribution in [3.8, 4) is 11.3 Å². The monoisotopic (exact) mass is 228 g/mol. The summed E-state index contributed by atoms with van der Waals surface area (Å²) in [6.07, 6.45) is 0. The molecule has 0 saturated carbocycles. The summed E-state index contributed by atoms with van der Waals surface area (Å²) in [7, 11) is 0. The Hall–Kier alpha value is -0.991. The van der Waals surface area contributed by atoms with Crippen molar-refractivity contribution in [1.82, 2.24) is 9.19 Å². The molecule has 0 aliphatic carbocycles. The van der Waals surface area contributed by atoms with Gasteiger partial charge >= 0.3 is 74.6 Å². The van der Waals surface area contributed by atoms with E-state index in [4.69, 9.17) is 0 Å². The van der Waals surface area contributed by atoms with Crippen LogP contribution in [0.15, 0.2) is 29.2 Å². The van der Waals surface area contributed by atoms with Gasteiger partial charge in [-0.2, -0.15) is 0 Å². The molecule has 2 nitrogen and oxygen atoms in total. The Kier molecular flexibility index (Phi) is 2.02. The van der Waals surface area contributed by atoms with Gasteiger partial charge in [0.2, 0.25) is 0 Å². The molecule has 0 radical (unpaired) electrons. The molecule has 1 heterocycles. The first-order chi connectivity index (χ1) is 5.86. The van der Waals surface area contributed by atoms with Crippen molar-refractivity contribution in [2.75, 3.05) is 0 Å². The van der Waals surface area contributed by atoms with Crippen molar-refractivity contribution in [1.29, 1.82) is 0 Å². The minimum atomic E-state index is -0.222. The number of hydrogen-bond donors (Lipinski definition) is 0. The first kappa shape index (κ1) is 7.65. The molecule has 0 atom stereocenters. The number of aromatic nitrogens is 2. The molecular weight excluding hydrogens is 222 g/mol. The normalized spacial score (nSPS) is 10.1. The molecule has 60 valence electrons. The van der Waals surface area contributed by atoms with Crippen LogP contribution in [0, 0.1) is 5.82 Å². The van der Waals surface area contributed by atoms with Gasteiger partial charge in [0.1, 0.15) is 0 Å². The van der Waals surface area contributed by atoms with E-state index in [9.17, 15) is 4.39 Å². The Morgan fingerprint density at radius 2 is 1.92 bits per heavy atom. The molecule has 12 heavy (non-hydrogen) atoms. The Morgan fingerprint density at radius 3 is 2.50 bits per heavy atom. The zero-order valence-corrected chi connectivity index (χ0v) is 7.78. The van der Waals surface area contributed by atoms with Gasteiger partial charge in [-0.05, 0) is 0 Å². The van der Waals surface area contributed by atoms with Crippen molar-refractivity contribution >= 4 is 14.7 Å². The third-order valence-electron chi connectivity index (χ3n) is 1.50. The van der Waals surface area contributed by atoms with E-state index < -0.39 is 0 Å². The standard InChI is InChI=1S/C8H5FN2Se/c9-7-3-1-6(2-4-7)8-5-12-11-10-8/h1-5H. The molecule has 0 amide bonds. The maximum atomic E-state index is 12.5. The van der Waals surface area contributed by atoms with Crippen molar-refractivity contribution < 1.29 is 4.39 Å². The predicted molar refractivity (Wildman–Crippen MR) is 44.4 cm³/mol. The molecule has 0 spiro atoms. The Morgan fingerprint density at radius 1 is 1.17 bits per heavy atom. The minimum absolute atomic E-state index is 0.143. The second-order valence-corrected chi connectivity index (χ2v) is 3.58. The Labute approximate surface area is 75.0 Å². The van der Waals surface area contributed by atoms with E-state index in [1.54, 1.807) is 12.1 Å². The fourth-order valence-corrected chi connectivity index (χ4v) is 1.89. The van der Waals surface area contributed by atoms with Crippen molar-refractivity contribution in [2.24, 2.45) is 0 Å². The summed E-state index contributed by atoms with van der Waals surface area (Å²) >= 11 is 0.143. The quantitative estimate of drug-likeness (QED) is 0.687. The van der Waals surface area contributed by atoms with E-state index in [1.807, 2.05) is 4.94 Å². The molecular formula is C8H5FN2Se. The number of hydrogen-bond acceptors (Lipinski definition) is 2. The van der Waals surface area contributed by atoms with E-state index in [1.165, 1.54) is 12.1 Å². The number of benzene rings is 1. The molecule has 2 aromatic rings. The average Bonchev–Trinajstić information content (AvgIpc) is 2.58. The fourth-order valence-electron chi connectivity index (χ4n) is 0.911. The molecule has 0 unspecified atom stereocenters. The van der Waals surface area contributed by atoms with Crippen LogP contribution in [0.2, 0.25) is 0 Å². The van der Waals surface area contributed by atoms with Crippen LogP contribution in [-0.2, 0) is 0 Å². The summed E-state index contributed by atoms with van der Waals surface area (Å²) in [5, 5.41) is 3.93. The zero-order valence-electron chi connectivity index (χ0n) is 6.07. The van der Waals surface area contributed by atoms with E-state index in [-0.39, 0.29) is 20.5 Å². The van der Waals surface area contributed by atoms with Crippen molar-refractivity contribution in [3.05, 3.63) is 35.0 Å². The average molecular weight is 227 g/mol. The van der Waals surface area contributed by atoms with Crippen LogP contribution in [0.4, 0.5) is 4.39 Å². The molecule has 0 aliphatic heterocycles. The van der Waals surface area contributed by atoms with Gasteiger partial charge in [-0.25, -0.2) is 0 Å². The second-order valence-electron chi connectivity index (χ2n) is 2.30. The van der Waals surface area contributed by atoms with Crippen molar-refractivity contribution in [2.45, 2.75) is 0 Å². The molecule has 1 aromatic carbocycles. The molecule has 4 heteroatoms. The fraction of sp³-hybridized carbons (Fsp3) is 0. The van der Waals surface area contributed by atoms with Gasteiger partial charge in [-0.15, -0.1) is 0 Å². The van der Waals surface area contributed by atoms with E-state index in [0.717, 1.165) is 11.3 Å². The van der Waals surface area contributed by atoms with Crippen LogP contribution in [0.3, 0.4) is 0 Å². The third-order valence-corrected chi connectivity index (χ3v) is 2.56. The second kappa shape index (κ2) is 3.17. The number of rotatable bonds is 1. The first-order valence-corrected chi connectivity index (χ1v) is 5.15. The molecule has 0 aliphatic rings. The van der Waals surface area contributed by atoms with Gasteiger partial charge in [0, 0.05) is 0 Å². The van der Waals surface area contributed by atoms with E-state index in [2.05, 4.69) is 9.19 Å². The van der Waals surface area contributed by atoms with Crippen LogP contribution in [0.1, 0.15) is 0 Å². The maximum absolute atomic E-state index is 12.5. The molecule has 0 bridgehead atoms. The van der Waals surface area contributed by atoms with Crippen LogP contribution >= 0.6 is 0 Å². The molecule has 0 saturated heterocycles. The SMILES string of the molecule is Fc1ccc(-c2c[se]nn2)cc1. The van der Waals surface area contributed by atoms with Crippen LogP contribution in [-0.4, -0.2) is 23.9 Å².